The fraction of sp³-hybridized carbons (Fsp3) is 0.571. The molecule has 2 heterocycles. The number of fused-ring (bicyclic) bond motifs is 2. The van der Waals surface area contributed by atoms with Crippen molar-refractivity contribution in [3.8, 4) is 17.6 Å². The number of benzene rings is 1. The number of piperidine rings is 1. The van der Waals surface area contributed by atoms with Crippen LogP contribution in [-0.2, 0) is 4.74 Å². The molecule has 0 radical (unpaired) electrons. The molecule has 0 aliphatic carbocycles. The van der Waals surface area contributed by atoms with Gasteiger partial charge in [-0.1, -0.05) is 17.5 Å². The summed E-state index contributed by atoms with van der Waals surface area (Å²) < 4.78 is 11.5. The van der Waals surface area contributed by atoms with Crippen molar-refractivity contribution in [3.63, 3.8) is 0 Å². The van der Waals surface area contributed by atoms with Crippen LogP contribution in [0.1, 0.15) is 43.5 Å². The molecule has 29 heavy (non-hydrogen) atoms. The molecular formula is C21H29Cl2N3O3. The number of likely N-dealkylation sites (N-methyl/N-ethyl adjacent to an activating group) is 1. The van der Waals surface area contributed by atoms with Crippen molar-refractivity contribution in [2.75, 3.05) is 19.9 Å². The van der Waals surface area contributed by atoms with Crippen LogP contribution in [0.15, 0.2) is 12.1 Å². The van der Waals surface area contributed by atoms with Crippen LogP contribution in [0.25, 0.3) is 0 Å². The molecule has 3 unspecified atom stereocenters. The van der Waals surface area contributed by atoms with Gasteiger partial charge in [0.2, 0.25) is 0 Å². The molecule has 3 rings (SSSR count). The van der Waals surface area contributed by atoms with Crippen LogP contribution < -0.4 is 15.8 Å². The number of halogens is 2. The van der Waals surface area contributed by atoms with Gasteiger partial charge in [-0.2, -0.15) is 0 Å². The Morgan fingerprint density at radius 2 is 2.10 bits per heavy atom. The highest BCUT2D eigenvalue weighted by atomic mass is 35.5. The molecule has 8 heteroatoms. The highest BCUT2D eigenvalue weighted by molar-refractivity contribution is 6.33. The van der Waals surface area contributed by atoms with Gasteiger partial charge in [0.05, 0.1) is 22.4 Å². The van der Waals surface area contributed by atoms with E-state index in [0.717, 1.165) is 19.3 Å². The SMILES string of the molecule is CC#C[C@H](C)Oc1cc(N)c(Cl)cc1C(=O)NC1CC2C[C@H](OC)C(C1)N2C.Cl. The summed E-state index contributed by atoms with van der Waals surface area (Å²) in [5, 5.41) is 3.49. The van der Waals surface area contributed by atoms with Crippen molar-refractivity contribution in [1.82, 2.24) is 10.2 Å². The van der Waals surface area contributed by atoms with Gasteiger partial charge in [0.1, 0.15) is 5.75 Å². The molecule has 2 fully saturated rings. The summed E-state index contributed by atoms with van der Waals surface area (Å²) in [6.45, 7) is 3.56. The number of hydrogen-bond donors (Lipinski definition) is 2. The summed E-state index contributed by atoms with van der Waals surface area (Å²) >= 11 is 6.17. The second-order valence-electron chi connectivity index (χ2n) is 7.56. The minimum atomic E-state index is -0.362. The van der Waals surface area contributed by atoms with Gasteiger partial charge in [0, 0.05) is 31.3 Å². The van der Waals surface area contributed by atoms with E-state index in [2.05, 4.69) is 29.1 Å². The Hall–Kier alpha value is -1.65. The lowest BCUT2D eigenvalue weighted by Crippen LogP contribution is -2.50. The van der Waals surface area contributed by atoms with Gasteiger partial charge >= 0.3 is 0 Å². The fourth-order valence-electron chi connectivity index (χ4n) is 4.32. The van der Waals surface area contributed by atoms with Crippen LogP contribution >= 0.6 is 24.0 Å². The van der Waals surface area contributed by atoms with E-state index in [1.54, 1.807) is 26.2 Å². The maximum atomic E-state index is 13.0. The monoisotopic (exact) mass is 441 g/mol. The molecule has 1 aromatic carbocycles. The Morgan fingerprint density at radius 1 is 1.38 bits per heavy atom. The van der Waals surface area contributed by atoms with E-state index in [1.165, 1.54) is 0 Å². The molecule has 2 aliphatic heterocycles. The van der Waals surface area contributed by atoms with Crippen molar-refractivity contribution < 1.29 is 14.3 Å². The Balaban J connectivity index is 0.00000300. The average Bonchev–Trinajstić information content (AvgIpc) is 2.82. The predicted octanol–water partition coefficient (Wildman–Crippen LogP) is 3.11. The van der Waals surface area contributed by atoms with Gasteiger partial charge in [-0.25, -0.2) is 0 Å². The Kier molecular flexibility index (Phi) is 8.07. The van der Waals surface area contributed by atoms with Crippen LogP contribution in [0.3, 0.4) is 0 Å². The first kappa shape index (κ1) is 23.6. The molecule has 5 atom stereocenters. The largest absolute Gasteiger partial charge is 0.477 e. The predicted molar refractivity (Wildman–Crippen MR) is 118 cm³/mol. The number of nitrogen functional groups attached to an aromatic ring is 1. The van der Waals surface area contributed by atoms with Crippen molar-refractivity contribution in [3.05, 3.63) is 22.7 Å². The molecule has 160 valence electrons. The molecule has 0 spiro atoms. The topological polar surface area (TPSA) is 76.8 Å². The molecule has 0 saturated carbocycles. The number of nitrogens with one attached hydrogen (secondary N) is 1. The number of ether oxygens (including phenoxy) is 2. The van der Waals surface area contributed by atoms with Crippen molar-refractivity contribution >= 4 is 35.6 Å². The summed E-state index contributed by atoms with van der Waals surface area (Å²) in [6, 6.07) is 3.97. The quantitative estimate of drug-likeness (QED) is 0.542. The summed E-state index contributed by atoms with van der Waals surface area (Å²) in [4.78, 5) is 15.4. The number of carbonyl (C=O) groups excluding carboxylic acids is 1. The molecule has 6 nitrogen and oxygen atoms in total. The number of carbonyl (C=O) groups is 1. The molecule has 3 N–H and O–H groups in total. The third-order valence-corrected chi connectivity index (χ3v) is 6.08. The summed E-state index contributed by atoms with van der Waals surface area (Å²) in [6.07, 6.45) is 2.61. The second kappa shape index (κ2) is 9.90. The van der Waals surface area contributed by atoms with E-state index in [4.69, 9.17) is 26.8 Å². The average molecular weight is 442 g/mol. The molecule has 2 saturated heterocycles. The maximum absolute atomic E-state index is 13.0. The number of anilines is 1. The first-order valence-electron chi connectivity index (χ1n) is 9.57. The minimum Gasteiger partial charge on any atom is -0.477 e. The van der Waals surface area contributed by atoms with Crippen molar-refractivity contribution in [2.45, 2.75) is 63.4 Å². The lowest BCUT2D eigenvalue weighted by molar-refractivity contribution is 0.0523. The van der Waals surface area contributed by atoms with E-state index in [0.29, 0.717) is 34.1 Å². The third-order valence-electron chi connectivity index (χ3n) is 5.75. The first-order chi connectivity index (χ1) is 13.3. The molecule has 1 aromatic rings. The number of hydrogen-bond acceptors (Lipinski definition) is 5. The van der Waals surface area contributed by atoms with E-state index in [1.807, 2.05) is 6.92 Å². The van der Waals surface area contributed by atoms with Gasteiger partial charge < -0.3 is 20.5 Å². The lowest BCUT2D eigenvalue weighted by Gasteiger charge is -2.37. The molecule has 2 bridgehead atoms. The maximum Gasteiger partial charge on any atom is 0.255 e. The van der Waals surface area contributed by atoms with Gasteiger partial charge in [0.25, 0.3) is 5.91 Å². The van der Waals surface area contributed by atoms with E-state index in [9.17, 15) is 4.79 Å². The third kappa shape index (κ3) is 5.10. The van der Waals surface area contributed by atoms with E-state index in [-0.39, 0.29) is 36.6 Å². The zero-order chi connectivity index (χ0) is 20.4. The number of nitrogens with two attached hydrogens (primary N) is 1. The Morgan fingerprint density at radius 3 is 2.76 bits per heavy atom. The van der Waals surface area contributed by atoms with Crippen LogP contribution in [0.4, 0.5) is 5.69 Å². The first-order valence-corrected chi connectivity index (χ1v) is 9.95. The molecular weight excluding hydrogens is 413 g/mol. The Labute approximate surface area is 183 Å². The van der Waals surface area contributed by atoms with Crippen molar-refractivity contribution in [2.24, 2.45) is 0 Å². The molecule has 1 amide bonds. The highest BCUT2D eigenvalue weighted by Gasteiger charge is 2.45. The normalized spacial score (nSPS) is 26.7. The Bertz CT molecular complexity index is 808. The second-order valence-corrected chi connectivity index (χ2v) is 7.97. The van der Waals surface area contributed by atoms with Gasteiger partial charge in [-0.15, -0.1) is 18.3 Å². The van der Waals surface area contributed by atoms with Crippen molar-refractivity contribution in [1.29, 1.82) is 0 Å². The zero-order valence-electron chi connectivity index (χ0n) is 17.2. The number of methoxy groups -OCH3 is 1. The van der Waals surface area contributed by atoms with Gasteiger partial charge in [-0.3, -0.25) is 9.69 Å². The minimum absolute atomic E-state index is 0. The van der Waals surface area contributed by atoms with Crippen LogP contribution in [0, 0.1) is 11.8 Å². The number of rotatable bonds is 5. The molecule has 0 aromatic heterocycles. The van der Waals surface area contributed by atoms with Crippen LogP contribution in [-0.4, -0.2) is 55.3 Å². The summed E-state index contributed by atoms with van der Waals surface area (Å²) in [5.74, 6) is 5.90. The van der Waals surface area contributed by atoms with Gasteiger partial charge in [0.15, 0.2) is 6.10 Å². The zero-order valence-corrected chi connectivity index (χ0v) is 18.8. The summed E-state index contributed by atoms with van der Waals surface area (Å²) in [5.41, 5.74) is 6.65. The standard InChI is InChI=1S/C21H28ClN3O3.ClH/c1-5-6-12(2)28-19-11-17(23)16(22)10-15(19)21(26)24-13-7-14-9-20(27-4)18(8-13)25(14)3;/h10-14,18,20H,7-9,23H2,1-4H3,(H,24,26);1H/t12-,13?,14?,18?,20-;/m0./s1. The fourth-order valence-corrected chi connectivity index (χ4v) is 4.49. The molecule has 2 aliphatic rings. The van der Waals surface area contributed by atoms with Crippen LogP contribution in [0.5, 0.6) is 5.75 Å². The van der Waals surface area contributed by atoms with E-state index >= 15 is 0 Å². The smallest absolute Gasteiger partial charge is 0.255 e. The highest BCUT2D eigenvalue weighted by Crippen LogP contribution is 2.36. The number of nitrogens with zero attached hydrogens (tertiary/aromatic N) is 1. The lowest BCUT2D eigenvalue weighted by atomic mass is 9.97. The number of amides is 1. The van der Waals surface area contributed by atoms with E-state index < -0.39 is 0 Å². The summed E-state index contributed by atoms with van der Waals surface area (Å²) in [7, 11) is 3.89. The van der Waals surface area contributed by atoms with Crippen LogP contribution in [0.2, 0.25) is 5.02 Å². The van der Waals surface area contributed by atoms with Gasteiger partial charge in [-0.05, 0) is 46.2 Å².